The van der Waals surface area contributed by atoms with Crippen LogP contribution in [0.4, 0.5) is 0 Å². The van der Waals surface area contributed by atoms with Gasteiger partial charge in [0.05, 0.1) is 16.7 Å². The minimum Gasteiger partial charge on any atom is -0.469 e. The molecular weight excluding hydrogens is 312 g/mol. The maximum atomic E-state index is 12.4. The fourth-order valence-corrected chi connectivity index (χ4v) is 3.54. The summed E-state index contributed by atoms with van der Waals surface area (Å²) < 4.78 is 5.37. The number of thiophene rings is 1. The summed E-state index contributed by atoms with van der Waals surface area (Å²) in [5, 5.41) is 4.92. The predicted octanol–water partition coefficient (Wildman–Crippen LogP) is 2.94. The molecule has 122 valence electrons. The summed E-state index contributed by atoms with van der Waals surface area (Å²) in [6.45, 7) is 3.29. The van der Waals surface area contributed by atoms with Crippen molar-refractivity contribution in [2.24, 2.45) is 0 Å². The number of aryl methyl sites for hydroxylation is 1. The van der Waals surface area contributed by atoms with Gasteiger partial charge in [-0.05, 0) is 30.4 Å². The molecule has 3 heterocycles. The first-order valence-corrected chi connectivity index (χ1v) is 8.77. The molecule has 0 spiro atoms. The molecule has 0 saturated carbocycles. The molecule has 0 bridgehead atoms. The van der Waals surface area contributed by atoms with E-state index in [1.54, 1.807) is 17.2 Å². The largest absolute Gasteiger partial charge is 0.469 e. The van der Waals surface area contributed by atoms with Gasteiger partial charge in [-0.2, -0.15) is 0 Å². The Bertz CT molecular complexity index is 678. The van der Waals surface area contributed by atoms with Gasteiger partial charge < -0.3 is 14.6 Å². The van der Waals surface area contributed by atoms with Gasteiger partial charge in [-0.1, -0.05) is 13.0 Å². The van der Waals surface area contributed by atoms with E-state index in [9.17, 15) is 9.59 Å². The maximum absolute atomic E-state index is 12.4. The first kappa shape index (κ1) is 15.8. The van der Waals surface area contributed by atoms with E-state index < -0.39 is 0 Å². The summed E-state index contributed by atoms with van der Waals surface area (Å²) in [4.78, 5) is 27.3. The van der Waals surface area contributed by atoms with Crippen molar-refractivity contribution in [2.45, 2.75) is 32.2 Å². The van der Waals surface area contributed by atoms with Gasteiger partial charge in [0.2, 0.25) is 0 Å². The monoisotopic (exact) mass is 332 g/mol. The van der Waals surface area contributed by atoms with E-state index in [1.165, 1.54) is 11.3 Å². The SMILES string of the molecule is CCCc1occc1C(=O)NC1CCN(C(=O)c2cccs2)C1. The van der Waals surface area contributed by atoms with Crippen LogP contribution in [-0.4, -0.2) is 35.8 Å². The summed E-state index contributed by atoms with van der Waals surface area (Å²) in [6.07, 6.45) is 4.02. The smallest absolute Gasteiger partial charge is 0.263 e. The molecule has 0 radical (unpaired) electrons. The van der Waals surface area contributed by atoms with Crippen LogP contribution in [0.3, 0.4) is 0 Å². The highest BCUT2D eigenvalue weighted by Gasteiger charge is 2.29. The number of likely N-dealkylation sites (tertiary alicyclic amines) is 1. The number of carbonyl (C=O) groups excluding carboxylic acids is 2. The van der Waals surface area contributed by atoms with Crippen LogP contribution < -0.4 is 5.32 Å². The molecule has 3 rings (SSSR count). The van der Waals surface area contributed by atoms with E-state index in [0.717, 1.165) is 29.9 Å². The molecule has 1 aliphatic heterocycles. The third-order valence-corrected chi connectivity index (χ3v) is 4.87. The number of nitrogens with zero attached hydrogens (tertiary/aromatic N) is 1. The lowest BCUT2D eigenvalue weighted by atomic mass is 10.1. The zero-order chi connectivity index (χ0) is 16.2. The van der Waals surface area contributed by atoms with Gasteiger partial charge in [0.1, 0.15) is 5.76 Å². The summed E-state index contributed by atoms with van der Waals surface area (Å²) in [7, 11) is 0. The normalized spacial score (nSPS) is 17.4. The Labute approximate surface area is 139 Å². The first-order chi connectivity index (χ1) is 11.2. The zero-order valence-corrected chi connectivity index (χ0v) is 13.9. The van der Waals surface area contributed by atoms with Crippen molar-refractivity contribution < 1.29 is 14.0 Å². The van der Waals surface area contributed by atoms with Crippen LogP contribution in [0.5, 0.6) is 0 Å². The number of rotatable bonds is 5. The summed E-state index contributed by atoms with van der Waals surface area (Å²) in [6, 6.07) is 5.42. The molecule has 0 aromatic carbocycles. The first-order valence-electron chi connectivity index (χ1n) is 7.89. The fraction of sp³-hybridized carbons (Fsp3) is 0.412. The van der Waals surface area contributed by atoms with Gasteiger partial charge >= 0.3 is 0 Å². The number of hydrogen-bond acceptors (Lipinski definition) is 4. The third-order valence-electron chi connectivity index (χ3n) is 4.01. The van der Waals surface area contributed by atoms with Crippen LogP contribution in [0, 0.1) is 0 Å². The summed E-state index contributed by atoms with van der Waals surface area (Å²) >= 11 is 1.45. The number of nitrogens with one attached hydrogen (secondary N) is 1. The van der Waals surface area contributed by atoms with Crippen LogP contribution in [0.25, 0.3) is 0 Å². The molecule has 2 aromatic rings. The van der Waals surface area contributed by atoms with E-state index in [0.29, 0.717) is 18.7 Å². The van der Waals surface area contributed by atoms with Crippen molar-refractivity contribution in [3.63, 3.8) is 0 Å². The van der Waals surface area contributed by atoms with E-state index in [-0.39, 0.29) is 17.9 Å². The molecule has 0 aliphatic carbocycles. The zero-order valence-electron chi connectivity index (χ0n) is 13.1. The molecule has 5 nitrogen and oxygen atoms in total. The highest BCUT2D eigenvalue weighted by molar-refractivity contribution is 7.12. The van der Waals surface area contributed by atoms with Gasteiger partial charge in [0.15, 0.2) is 0 Å². The second-order valence-corrected chi connectivity index (χ2v) is 6.64. The second-order valence-electron chi connectivity index (χ2n) is 5.69. The quantitative estimate of drug-likeness (QED) is 0.916. The lowest BCUT2D eigenvalue weighted by molar-refractivity contribution is 0.0787. The highest BCUT2D eigenvalue weighted by atomic mass is 32.1. The number of carbonyl (C=O) groups is 2. The molecule has 1 N–H and O–H groups in total. The molecule has 2 amide bonds. The van der Waals surface area contributed by atoms with Gasteiger partial charge in [0, 0.05) is 25.6 Å². The van der Waals surface area contributed by atoms with Crippen LogP contribution in [0.1, 0.15) is 45.6 Å². The molecule has 23 heavy (non-hydrogen) atoms. The molecule has 1 fully saturated rings. The van der Waals surface area contributed by atoms with Crippen molar-refractivity contribution in [2.75, 3.05) is 13.1 Å². The minimum absolute atomic E-state index is 0.00390. The predicted molar refractivity (Wildman–Crippen MR) is 88.8 cm³/mol. The fourth-order valence-electron chi connectivity index (χ4n) is 2.85. The van der Waals surface area contributed by atoms with Crippen molar-refractivity contribution in [1.82, 2.24) is 10.2 Å². The Kier molecular flexibility index (Phi) is 4.81. The summed E-state index contributed by atoms with van der Waals surface area (Å²) in [5.41, 5.74) is 0.606. The van der Waals surface area contributed by atoms with E-state index in [2.05, 4.69) is 12.2 Å². The Morgan fingerprint density at radius 3 is 3.04 bits per heavy atom. The van der Waals surface area contributed by atoms with E-state index in [4.69, 9.17) is 4.42 Å². The Balaban J connectivity index is 1.58. The molecule has 1 unspecified atom stereocenters. The Morgan fingerprint density at radius 1 is 1.43 bits per heavy atom. The Hall–Kier alpha value is -2.08. The van der Waals surface area contributed by atoms with Crippen LogP contribution in [-0.2, 0) is 6.42 Å². The average Bonchev–Trinajstić information content (AvgIpc) is 3.28. The number of amides is 2. The van der Waals surface area contributed by atoms with Gasteiger partial charge in [-0.15, -0.1) is 11.3 Å². The third kappa shape index (κ3) is 3.47. The molecule has 1 atom stereocenters. The molecular formula is C17H20N2O3S. The van der Waals surface area contributed by atoms with Crippen LogP contribution in [0.2, 0.25) is 0 Å². The number of hydrogen-bond donors (Lipinski definition) is 1. The van der Waals surface area contributed by atoms with Crippen LogP contribution >= 0.6 is 11.3 Å². The summed E-state index contributed by atoms with van der Waals surface area (Å²) in [5.74, 6) is 0.666. The van der Waals surface area contributed by atoms with Crippen molar-refractivity contribution in [3.05, 3.63) is 46.0 Å². The topological polar surface area (TPSA) is 62.6 Å². The average molecular weight is 332 g/mol. The molecule has 2 aromatic heterocycles. The maximum Gasteiger partial charge on any atom is 0.263 e. The molecule has 6 heteroatoms. The second kappa shape index (κ2) is 7.00. The lowest BCUT2D eigenvalue weighted by Crippen LogP contribution is -2.38. The standard InChI is InChI=1S/C17H20N2O3S/c1-2-4-14-13(7-9-22-14)16(20)18-12-6-8-19(11-12)17(21)15-5-3-10-23-15/h3,5,7,9-10,12H,2,4,6,8,11H2,1H3,(H,18,20). The molecule has 1 aliphatic rings. The van der Waals surface area contributed by atoms with Crippen molar-refractivity contribution >= 4 is 23.2 Å². The van der Waals surface area contributed by atoms with Gasteiger partial charge in [-0.25, -0.2) is 0 Å². The molecule has 1 saturated heterocycles. The lowest BCUT2D eigenvalue weighted by Gasteiger charge is -2.16. The van der Waals surface area contributed by atoms with Crippen molar-refractivity contribution in [1.29, 1.82) is 0 Å². The van der Waals surface area contributed by atoms with E-state index in [1.807, 2.05) is 17.5 Å². The highest BCUT2D eigenvalue weighted by Crippen LogP contribution is 2.18. The van der Waals surface area contributed by atoms with E-state index >= 15 is 0 Å². The minimum atomic E-state index is -0.113. The van der Waals surface area contributed by atoms with Crippen LogP contribution in [0.15, 0.2) is 34.3 Å². The number of furan rings is 1. The van der Waals surface area contributed by atoms with Gasteiger partial charge in [0.25, 0.3) is 11.8 Å². The Morgan fingerprint density at radius 2 is 2.30 bits per heavy atom. The van der Waals surface area contributed by atoms with Gasteiger partial charge in [-0.3, -0.25) is 9.59 Å². The van der Waals surface area contributed by atoms with Crippen molar-refractivity contribution in [3.8, 4) is 0 Å².